The summed E-state index contributed by atoms with van der Waals surface area (Å²) >= 11 is 0. The molecule has 0 fully saturated rings. The zero-order valence-electron chi connectivity index (χ0n) is 9.93. The van der Waals surface area contributed by atoms with Crippen molar-refractivity contribution in [1.82, 2.24) is 5.32 Å². The first-order valence-electron chi connectivity index (χ1n) is 5.21. The van der Waals surface area contributed by atoms with Crippen LogP contribution in [0.4, 0.5) is 0 Å². The molecule has 1 rings (SSSR count). The van der Waals surface area contributed by atoms with Crippen molar-refractivity contribution in [3.8, 4) is 0 Å². The Morgan fingerprint density at radius 1 is 1.59 bits per heavy atom. The summed E-state index contributed by atoms with van der Waals surface area (Å²) < 4.78 is 14.4. The van der Waals surface area contributed by atoms with Gasteiger partial charge in [-0.1, -0.05) is 0 Å². The second-order valence-corrected chi connectivity index (χ2v) is 3.51. The van der Waals surface area contributed by atoms with E-state index in [1.54, 1.807) is 6.07 Å². The highest BCUT2D eigenvalue weighted by Crippen LogP contribution is 2.11. The summed E-state index contributed by atoms with van der Waals surface area (Å²) in [5.41, 5.74) is 0.696. The number of nitrogens with one attached hydrogen (secondary N) is 1. The van der Waals surface area contributed by atoms with E-state index in [2.05, 4.69) is 10.1 Å². The van der Waals surface area contributed by atoms with Gasteiger partial charge in [-0.2, -0.15) is 0 Å². The average Bonchev–Trinajstić information content (AvgIpc) is 2.77. The molecule has 0 saturated heterocycles. The van der Waals surface area contributed by atoms with E-state index in [1.807, 2.05) is 0 Å². The van der Waals surface area contributed by atoms with Gasteiger partial charge in [-0.3, -0.25) is 0 Å². The molecule has 1 heterocycles. The molecule has 0 spiro atoms. The van der Waals surface area contributed by atoms with Gasteiger partial charge in [0.1, 0.15) is 0 Å². The fourth-order valence-corrected chi connectivity index (χ4v) is 1.37. The van der Waals surface area contributed by atoms with Gasteiger partial charge in [0.15, 0.2) is 0 Å². The third-order valence-electron chi connectivity index (χ3n) is 2.17. The molecule has 0 radical (unpaired) electrons. The first-order chi connectivity index (χ1) is 8.19. The van der Waals surface area contributed by atoms with E-state index in [4.69, 9.17) is 9.15 Å². The van der Waals surface area contributed by atoms with Crippen LogP contribution in [0.5, 0.6) is 0 Å². The highest BCUT2D eigenvalue weighted by atomic mass is 16.5. The fourth-order valence-electron chi connectivity index (χ4n) is 1.37. The fraction of sp³-hybridized carbons (Fsp3) is 0.545. The lowest BCUT2D eigenvalue weighted by atomic mass is 10.2. The van der Waals surface area contributed by atoms with Crippen molar-refractivity contribution in [2.45, 2.75) is 12.6 Å². The van der Waals surface area contributed by atoms with Gasteiger partial charge in [0.2, 0.25) is 5.76 Å². The summed E-state index contributed by atoms with van der Waals surface area (Å²) in [7, 11) is 2.82. The molecule has 0 bridgehead atoms. The quantitative estimate of drug-likeness (QED) is 0.664. The Hall–Kier alpha value is -1.37. The second kappa shape index (κ2) is 7.05. The van der Waals surface area contributed by atoms with Crippen molar-refractivity contribution in [2.75, 3.05) is 27.4 Å². The first kappa shape index (κ1) is 13.7. The Morgan fingerprint density at radius 3 is 3.00 bits per heavy atom. The Balaban J connectivity index is 2.41. The Labute approximate surface area is 99.5 Å². The molecule has 0 aliphatic heterocycles. The smallest absolute Gasteiger partial charge is 0.374 e. The monoisotopic (exact) mass is 243 g/mol. The Kier molecular flexibility index (Phi) is 5.68. The molecule has 17 heavy (non-hydrogen) atoms. The predicted molar refractivity (Wildman–Crippen MR) is 59.6 cm³/mol. The molecule has 1 aromatic rings. The van der Waals surface area contributed by atoms with Crippen LogP contribution in [0.3, 0.4) is 0 Å². The van der Waals surface area contributed by atoms with Crippen LogP contribution in [0.15, 0.2) is 16.7 Å². The molecule has 2 N–H and O–H groups in total. The topological polar surface area (TPSA) is 80.9 Å². The van der Waals surface area contributed by atoms with E-state index in [1.165, 1.54) is 20.5 Å². The standard InChI is InChI=1S/C11H17NO5/c1-15-7-9(13)6-12-5-8-3-4-17-10(8)11(14)16-2/h3-4,9,12-13H,5-7H2,1-2H3. The van der Waals surface area contributed by atoms with Crippen molar-refractivity contribution >= 4 is 5.97 Å². The van der Waals surface area contributed by atoms with Gasteiger partial charge in [0, 0.05) is 25.8 Å². The molecular weight excluding hydrogens is 226 g/mol. The maximum absolute atomic E-state index is 11.3. The summed E-state index contributed by atoms with van der Waals surface area (Å²) in [6, 6.07) is 1.68. The lowest BCUT2D eigenvalue weighted by Gasteiger charge is -2.10. The first-order valence-corrected chi connectivity index (χ1v) is 5.21. The van der Waals surface area contributed by atoms with Crippen LogP contribution in [0.2, 0.25) is 0 Å². The summed E-state index contributed by atoms with van der Waals surface area (Å²) in [5, 5.41) is 12.4. The molecule has 6 heteroatoms. The molecule has 0 aromatic carbocycles. The van der Waals surface area contributed by atoms with Crippen molar-refractivity contribution in [3.63, 3.8) is 0 Å². The number of carbonyl (C=O) groups is 1. The zero-order chi connectivity index (χ0) is 12.7. The zero-order valence-corrected chi connectivity index (χ0v) is 9.93. The van der Waals surface area contributed by atoms with Gasteiger partial charge in [0.25, 0.3) is 0 Å². The molecule has 1 atom stereocenters. The minimum Gasteiger partial charge on any atom is -0.463 e. The van der Waals surface area contributed by atoms with Crippen molar-refractivity contribution in [1.29, 1.82) is 0 Å². The van der Waals surface area contributed by atoms with Gasteiger partial charge in [-0.15, -0.1) is 0 Å². The normalized spacial score (nSPS) is 12.4. The SMILES string of the molecule is COCC(O)CNCc1ccoc1C(=O)OC. The Morgan fingerprint density at radius 2 is 2.35 bits per heavy atom. The van der Waals surface area contributed by atoms with Crippen molar-refractivity contribution in [3.05, 3.63) is 23.7 Å². The van der Waals surface area contributed by atoms with Gasteiger partial charge in [-0.25, -0.2) is 4.79 Å². The number of ether oxygens (including phenoxy) is 2. The number of hydrogen-bond acceptors (Lipinski definition) is 6. The number of furan rings is 1. The molecule has 0 aliphatic carbocycles. The van der Waals surface area contributed by atoms with Gasteiger partial charge >= 0.3 is 5.97 Å². The number of rotatable bonds is 7. The number of methoxy groups -OCH3 is 2. The molecule has 96 valence electrons. The van der Waals surface area contributed by atoms with Crippen LogP contribution in [0.1, 0.15) is 16.1 Å². The maximum Gasteiger partial charge on any atom is 0.374 e. The van der Waals surface area contributed by atoms with Gasteiger partial charge in [-0.05, 0) is 6.07 Å². The lowest BCUT2D eigenvalue weighted by molar-refractivity contribution is 0.0562. The molecule has 0 amide bonds. The highest BCUT2D eigenvalue weighted by Gasteiger charge is 2.15. The summed E-state index contributed by atoms with van der Waals surface area (Å²) in [6.45, 7) is 1.06. The van der Waals surface area contributed by atoms with E-state index in [0.29, 0.717) is 18.7 Å². The van der Waals surface area contributed by atoms with Gasteiger partial charge in [0.05, 0.1) is 26.1 Å². The largest absolute Gasteiger partial charge is 0.463 e. The van der Waals surface area contributed by atoms with E-state index in [0.717, 1.165) is 0 Å². The third kappa shape index (κ3) is 4.18. The average molecular weight is 243 g/mol. The van der Waals surface area contributed by atoms with E-state index in [9.17, 15) is 9.90 Å². The minimum absolute atomic E-state index is 0.182. The molecule has 0 saturated carbocycles. The van der Waals surface area contributed by atoms with Crippen LogP contribution >= 0.6 is 0 Å². The number of aliphatic hydroxyl groups is 1. The molecule has 0 aliphatic rings. The summed E-state index contributed by atoms with van der Waals surface area (Å²) in [6.07, 6.45) is 0.850. The maximum atomic E-state index is 11.3. The van der Waals surface area contributed by atoms with Gasteiger partial charge < -0.3 is 24.3 Å². The van der Waals surface area contributed by atoms with Crippen LogP contribution < -0.4 is 5.32 Å². The number of aliphatic hydroxyl groups excluding tert-OH is 1. The van der Waals surface area contributed by atoms with Crippen molar-refractivity contribution in [2.24, 2.45) is 0 Å². The van der Waals surface area contributed by atoms with Crippen molar-refractivity contribution < 1.29 is 23.8 Å². The number of esters is 1. The van der Waals surface area contributed by atoms with Crippen LogP contribution in [-0.2, 0) is 16.0 Å². The minimum atomic E-state index is -0.575. The molecular formula is C11H17NO5. The van der Waals surface area contributed by atoms with E-state index >= 15 is 0 Å². The molecule has 1 unspecified atom stereocenters. The number of carbonyl (C=O) groups excluding carboxylic acids is 1. The van der Waals surface area contributed by atoms with Crippen LogP contribution in [-0.4, -0.2) is 44.6 Å². The third-order valence-corrected chi connectivity index (χ3v) is 2.17. The summed E-state index contributed by atoms with van der Waals surface area (Å²) in [4.78, 5) is 11.3. The number of hydrogen-bond donors (Lipinski definition) is 2. The van der Waals surface area contributed by atoms with E-state index < -0.39 is 12.1 Å². The second-order valence-electron chi connectivity index (χ2n) is 3.51. The van der Waals surface area contributed by atoms with E-state index in [-0.39, 0.29) is 12.4 Å². The predicted octanol–water partition coefficient (Wildman–Crippen LogP) is 0.163. The highest BCUT2D eigenvalue weighted by molar-refractivity contribution is 5.87. The Bertz CT molecular complexity index is 349. The molecule has 6 nitrogen and oxygen atoms in total. The lowest BCUT2D eigenvalue weighted by Crippen LogP contribution is -2.29. The van der Waals surface area contributed by atoms with Crippen LogP contribution in [0.25, 0.3) is 0 Å². The molecule has 1 aromatic heterocycles. The summed E-state index contributed by atoms with van der Waals surface area (Å²) in [5.74, 6) is -0.328. The van der Waals surface area contributed by atoms with Crippen LogP contribution in [0, 0.1) is 0 Å².